The van der Waals surface area contributed by atoms with E-state index in [4.69, 9.17) is 0 Å². The number of allylic oxidation sites excluding steroid dienone is 10. The van der Waals surface area contributed by atoms with Crippen LogP contribution in [0.25, 0.3) is 0 Å². The first-order valence-electron chi connectivity index (χ1n) is 7.61. The molecule has 0 N–H and O–H groups in total. The number of rotatable bonds is 4. The first-order valence-corrected chi connectivity index (χ1v) is 10.9. The Labute approximate surface area is 174 Å². The number of alkyl halides is 2. The molecule has 0 aliphatic heterocycles. The Balaban J connectivity index is 2.41. The first-order chi connectivity index (χ1) is 12.7. The number of sulfone groups is 1. The third kappa shape index (κ3) is 4.77. The molecule has 0 saturated carbocycles. The van der Waals surface area contributed by atoms with E-state index in [0.717, 1.165) is 0 Å². The van der Waals surface area contributed by atoms with E-state index in [-0.39, 0.29) is 9.81 Å². The summed E-state index contributed by atoms with van der Waals surface area (Å²) in [6.45, 7) is 0. The maximum absolute atomic E-state index is 13.2. The van der Waals surface area contributed by atoms with E-state index >= 15 is 0 Å². The van der Waals surface area contributed by atoms with Crippen LogP contribution in [0.3, 0.4) is 0 Å². The molecule has 0 aromatic heterocycles. The zero-order chi connectivity index (χ0) is 20.2. The molecule has 27 heavy (non-hydrogen) atoms. The van der Waals surface area contributed by atoms with Gasteiger partial charge in [0.15, 0.2) is 0 Å². The van der Waals surface area contributed by atoms with Crippen LogP contribution in [0.1, 0.15) is 0 Å². The Bertz CT molecular complexity index is 865. The third-order valence-corrected chi connectivity index (χ3v) is 8.41. The molecule has 0 spiro atoms. The van der Waals surface area contributed by atoms with Gasteiger partial charge in [0, 0.05) is 12.2 Å². The molecule has 2 aliphatic carbocycles. The predicted octanol–water partition coefficient (Wildman–Crippen LogP) is 3.03. The molecule has 0 aromatic carbocycles. The number of esters is 2. The molecule has 2 unspecified atom stereocenters. The number of carbonyl (C=O) groups excluding carboxylic acids is 2. The fraction of sp³-hybridized carbons (Fsp3) is 0.222. The summed E-state index contributed by atoms with van der Waals surface area (Å²) >= 11 is 6.69. The molecule has 2 rings (SSSR count). The van der Waals surface area contributed by atoms with Gasteiger partial charge in [-0.2, -0.15) is 0 Å². The van der Waals surface area contributed by atoms with Crippen molar-refractivity contribution in [1.82, 2.24) is 0 Å². The van der Waals surface area contributed by atoms with Crippen LogP contribution in [0.5, 0.6) is 0 Å². The summed E-state index contributed by atoms with van der Waals surface area (Å²) < 4.78 is 35.6. The summed E-state index contributed by atoms with van der Waals surface area (Å²) in [7, 11) is -1.41. The Morgan fingerprint density at radius 1 is 0.889 bits per heavy atom. The molecule has 0 amide bonds. The zero-order valence-corrected chi connectivity index (χ0v) is 18.4. The van der Waals surface area contributed by atoms with Crippen molar-refractivity contribution in [2.45, 2.75) is 9.65 Å². The Morgan fingerprint density at radius 2 is 1.26 bits per heavy atom. The van der Waals surface area contributed by atoms with E-state index in [9.17, 15) is 18.0 Å². The van der Waals surface area contributed by atoms with Crippen LogP contribution < -0.4 is 0 Å². The van der Waals surface area contributed by atoms with E-state index in [1.165, 1.54) is 38.5 Å². The van der Waals surface area contributed by atoms with Gasteiger partial charge in [0.1, 0.15) is 0 Å². The highest BCUT2D eigenvalue weighted by molar-refractivity contribution is 9.10. The standard InChI is InChI=1S/C18H16Br2O6S/c1-25-15(21)9-11-5-3-7-13(17(11)19)27(23,24)14-8-4-6-12(18(14)20)10-16(22)26-2/h3-10,17-18H,1-2H3. The number of hydrogen-bond acceptors (Lipinski definition) is 6. The van der Waals surface area contributed by atoms with E-state index in [1.807, 2.05) is 0 Å². The summed E-state index contributed by atoms with van der Waals surface area (Å²) in [6.07, 6.45) is 11.7. The number of methoxy groups -OCH3 is 2. The molecular weight excluding hydrogens is 504 g/mol. The van der Waals surface area contributed by atoms with Crippen LogP contribution in [0.4, 0.5) is 0 Å². The summed E-state index contributed by atoms with van der Waals surface area (Å²) in [5, 5.41) is 0. The van der Waals surface area contributed by atoms with Crippen molar-refractivity contribution in [3.63, 3.8) is 0 Å². The molecule has 0 saturated heterocycles. The lowest BCUT2D eigenvalue weighted by Gasteiger charge is -2.24. The molecule has 0 radical (unpaired) electrons. The van der Waals surface area contributed by atoms with Crippen molar-refractivity contribution in [3.05, 3.63) is 69.6 Å². The maximum Gasteiger partial charge on any atom is 0.330 e. The summed E-state index contributed by atoms with van der Waals surface area (Å²) in [5.41, 5.74) is 0.901. The number of ether oxygens (including phenoxy) is 2. The minimum absolute atomic E-state index is 0.0728. The topological polar surface area (TPSA) is 86.7 Å². The quantitative estimate of drug-likeness (QED) is 0.322. The van der Waals surface area contributed by atoms with Crippen LogP contribution >= 0.6 is 31.9 Å². The van der Waals surface area contributed by atoms with E-state index < -0.39 is 31.4 Å². The fourth-order valence-corrected chi connectivity index (χ4v) is 6.35. The van der Waals surface area contributed by atoms with Gasteiger partial charge in [0.05, 0.1) is 33.7 Å². The van der Waals surface area contributed by atoms with Crippen molar-refractivity contribution >= 4 is 53.6 Å². The molecule has 2 atom stereocenters. The zero-order valence-electron chi connectivity index (χ0n) is 14.4. The summed E-state index contributed by atoms with van der Waals surface area (Å²) in [4.78, 5) is 21.7. The molecule has 0 aromatic rings. The second-order valence-electron chi connectivity index (χ2n) is 5.42. The minimum Gasteiger partial charge on any atom is -0.466 e. The van der Waals surface area contributed by atoms with Crippen LogP contribution in [-0.4, -0.2) is 44.2 Å². The van der Waals surface area contributed by atoms with Crippen LogP contribution in [0.2, 0.25) is 0 Å². The molecule has 144 valence electrons. The highest BCUT2D eigenvalue weighted by Crippen LogP contribution is 2.38. The third-order valence-electron chi connectivity index (χ3n) is 3.78. The van der Waals surface area contributed by atoms with Crippen molar-refractivity contribution in [3.8, 4) is 0 Å². The largest absolute Gasteiger partial charge is 0.466 e. The average Bonchev–Trinajstić information content (AvgIpc) is 2.64. The number of carbonyl (C=O) groups is 2. The van der Waals surface area contributed by atoms with Gasteiger partial charge >= 0.3 is 11.9 Å². The summed E-state index contributed by atoms with van der Waals surface area (Å²) in [5.74, 6) is -1.17. The van der Waals surface area contributed by atoms with Crippen LogP contribution in [0.15, 0.2) is 69.6 Å². The van der Waals surface area contributed by atoms with Crippen molar-refractivity contribution < 1.29 is 27.5 Å². The van der Waals surface area contributed by atoms with Gasteiger partial charge in [0.25, 0.3) is 0 Å². The minimum atomic E-state index is -3.89. The van der Waals surface area contributed by atoms with Crippen molar-refractivity contribution in [2.24, 2.45) is 0 Å². The lowest BCUT2D eigenvalue weighted by Crippen LogP contribution is -2.24. The Morgan fingerprint density at radius 3 is 1.59 bits per heavy atom. The van der Waals surface area contributed by atoms with Crippen LogP contribution in [-0.2, 0) is 28.9 Å². The van der Waals surface area contributed by atoms with Gasteiger partial charge < -0.3 is 9.47 Å². The second-order valence-corrected chi connectivity index (χ2v) is 9.20. The summed E-state index contributed by atoms with van der Waals surface area (Å²) in [6, 6.07) is 0. The molecule has 6 nitrogen and oxygen atoms in total. The monoisotopic (exact) mass is 518 g/mol. The first kappa shape index (κ1) is 21.6. The molecule has 0 bridgehead atoms. The fourth-order valence-electron chi connectivity index (χ4n) is 2.39. The van der Waals surface area contributed by atoms with Crippen molar-refractivity contribution in [1.29, 1.82) is 0 Å². The van der Waals surface area contributed by atoms with E-state index in [0.29, 0.717) is 11.1 Å². The smallest absolute Gasteiger partial charge is 0.330 e. The highest BCUT2D eigenvalue weighted by Gasteiger charge is 2.35. The van der Waals surface area contributed by atoms with Gasteiger partial charge in [-0.1, -0.05) is 56.2 Å². The molecule has 0 fully saturated rings. The lowest BCUT2D eigenvalue weighted by molar-refractivity contribution is -0.135. The Kier molecular flexibility index (Phi) is 7.19. The predicted molar refractivity (Wildman–Crippen MR) is 109 cm³/mol. The van der Waals surface area contributed by atoms with Gasteiger partial charge in [0.2, 0.25) is 9.84 Å². The van der Waals surface area contributed by atoms with Crippen molar-refractivity contribution in [2.75, 3.05) is 14.2 Å². The number of halogens is 2. The SMILES string of the molecule is COC(=O)C=C1C=CC=C(S(=O)(=O)C2=CC=CC(=CC(=O)OC)C2Br)C1Br. The van der Waals surface area contributed by atoms with Gasteiger partial charge in [-0.25, -0.2) is 18.0 Å². The average molecular weight is 520 g/mol. The molecule has 2 aliphatic rings. The highest BCUT2D eigenvalue weighted by atomic mass is 79.9. The second kappa shape index (κ2) is 8.99. The van der Waals surface area contributed by atoms with Gasteiger partial charge in [-0.05, 0) is 23.3 Å². The lowest BCUT2D eigenvalue weighted by atomic mass is 10.1. The Hall–Kier alpha value is -1.71. The molecule has 9 heteroatoms. The molecule has 0 heterocycles. The maximum atomic E-state index is 13.2. The van der Waals surface area contributed by atoms with Crippen LogP contribution in [0, 0.1) is 0 Å². The van der Waals surface area contributed by atoms with E-state index in [1.54, 1.807) is 24.3 Å². The molecular formula is C18H16Br2O6S. The number of hydrogen-bond donors (Lipinski definition) is 0. The van der Waals surface area contributed by atoms with E-state index in [2.05, 4.69) is 41.3 Å². The normalized spacial score (nSPS) is 25.2. The van der Waals surface area contributed by atoms with Gasteiger partial charge in [-0.15, -0.1) is 0 Å². The van der Waals surface area contributed by atoms with Gasteiger partial charge in [-0.3, -0.25) is 0 Å².